The molecular weight excluding hydrogens is 322 g/mol. The molecule has 1 fully saturated rings. The first-order chi connectivity index (χ1) is 11.6. The molecule has 2 aromatic rings. The van der Waals surface area contributed by atoms with Gasteiger partial charge in [0.1, 0.15) is 5.69 Å². The summed E-state index contributed by atoms with van der Waals surface area (Å²) in [5, 5.41) is 7.09. The topological polar surface area (TPSA) is 54.0 Å². The zero-order chi connectivity index (χ0) is 16.9. The molecule has 4 nitrogen and oxygen atoms in total. The van der Waals surface area contributed by atoms with Gasteiger partial charge in [-0.25, -0.2) is 4.98 Å². The van der Waals surface area contributed by atoms with Crippen molar-refractivity contribution in [3.8, 4) is 0 Å². The van der Waals surface area contributed by atoms with Crippen molar-refractivity contribution in [1.82, 2.24) is 10.3 Å². The van der Waals surface area contributed by atoms with Crippen LogP contribution in [0.5, 0.6) is 0 Å². The van der Waals surface area contributed by atoms with E-state index in [9.17, 15) is 4.79 Å². The van der Waals surface area contributed by atoms with Crippen LogP contribution in [-0.2, 0) is 0 Å². The SMILES string of the molecule is Cc1cc(Cl)ccc1Nc1ccc(C(=O)NC2CCCCC2)nc1. The molecule has 0 saturated heterocycles. The molecule has 24 heavy (non-hydrogen) atoms. The van der Waals surface area contributed by atoms with Crippen LogP contribution in [0.4, 0.5) is 11.4 Å². The van der Waals surface area contributed by atoms with Crippen LogP contribution in [0, 0.1) is 6.92 Å². The van der Waals surface area contributed by atoms with Gasteiger partial charge in [0.2, 0.25) is 0 Å². The van der Waals surface area contributed by atoms with E-state index < -0.39 is 0 Å². The van der Waals surface area contributed by atoms with Crippen LogP contribution in [0.2, 0.25) is 5.02 Å². The first kappa shape index (κ1) is 16.8. The number of hydrogen-bond acceptors (Lipinski definition) is 3. The fourth-order valence-electron chi connectivity index (χ4n) is 3.03. The molecule has 2 N–H and O–H groups in total. The minimum absolute atomic E-state index is 0.0869. The van der Waals surface area contributed by atoms with Crippen molar-refractivity contribution in [2.45, 2.75) is 45.1 Å². The fourth-order valence-corrected chi connectivity index (χ4v) is 3.26. The Morgan fingerprint density at radius 2 is 1.96 bits per heavy atom. The fraction of sp³-hybridized carbons (Fsp3) is 0.368. The second kappa shape index (κ2) is 7.67. The third-order valence-electron chi connectivity index (χ3n) is 4.40. The third kappa shape index (κ3) is 4.26. The molecule has 1 aromatic carbocycles. The second-order valence-electron chi connectivity index (χ2n) is 6.32. The standard InChI is InChI=1S/C19H22ClN3O/c1-13-11-14(20)7-9-17(13)22-16-8-10-18(21-12-16)19(24)23-15-5-3-2-4-6-15/h7-12,15,22H,2-6H2,1H3,(H,23,24). The molecular formula is C19H22ClN3O. The number of hydrogen-bond donors (Lipinski definition) is 2. The molecule has 1 aliphatic rings. The Morgan fingerprint density at radius 3 is 2.62 bits per heavy atom. The van der Waals surface area contributed by atoms with Crippen LogP contribution in [0.3, 0.4) is 0 Å². The lowest BCUT2D eigenvalue weighted by Crippen LogP contribution is -2.36. The van der Waals surface area contributed by atoms with Crippen molar-refractivity contribution in [3.63, 3.8) is 0 Å². The van der Waals surface area contributed by atoms with Gasteiger partial charge in [0.25, 0.3) is 5.91 Å². The lowest BCUT2D eigenvalue weighted by atomic mass is 9.95. The van der Waals surface area contributed by atoms with Gasteiger partial charge in [0.15, 0.2) is 0 Å². The summed E-state index contributed by atoms with van der Waals surface area (Å²) < 4.78 is 0. The number of benzene rings is 1. The van der Waals surface area contributed by atoms with Crippen molar-refractivity contribution < 1.29 is 4.79 Å². The molecule has 0 aliphatic heterocycles. The van der Waals surface area contributed by atoms with E-state index in [2.05, 4.69) is 15.6 Å². The molecule has 1 amide bonds. The normalized spacial score (nSPS) is 15.1. The number of nitrogens with one attached hydrogen (secondary N) is 2. The average Bonchev–Trinajstić information content (AvgIpc) is 2.59. The second-order valence-corrected chi connectivity index (χ2v) is 6.76. The van der Waals surface area contributed by atoms with Crippen LogP contribution >= 0.6 is 11.6 Å². The number of anilines is 2. The molecule has 1 aliphatic carbocycles. The highest BCUT2D eigenvalue weighted by atomic mass is 35.5. The summed E-state index contributed by atoms with van der Waals surface area (Å²) in [4.78, 5) is 16.6. The van der Waals surface area contributed by atoms with Crippen molar-refractivity contribution in [1.29, 1.82) is 0 Å². The average molecular weight is 344 g/mol. The molecule has 126 valence electrons. The molecule has 0 atom stereocenters. The van der Waals surface area contributed by atoms with Gasteiger partial charge in [-0.15, -0.1) is 0 Å². The number of amides is 1. The highest BCUT2D eigenvalue weighted by Gasteiger charge is 2.17. The monoisotopic (exact) mass is 343 g/mol. The highest BCUT2D eigenvalue weighted by Crippen LogP contribution is 2.23. The summed E-state index contributed by atoms with van der Waals surface area (Å²) >= 11 is 5.97. The Hall–Kier alpha value is -2.07. The predicted molar refractivity (Wildman–Crippen MR) is 98.0 cm³/mol. The summed E-state index contributed by atoms with van der Waals surface area (Å²) in [5.74, 6) is -0.0869. The van der Waals surface area contributed by atoms with E-state index in [1.807, 2.05) is 31.2 Å². The van der Waals surface area contributed by atoms with Gasteiger partial charge in [-0.3, -0.25) is 4.79 Å². The minimum atomic E-state index is -0.0869. The summed E-state index contributed by atoms with van der Waals surface area (Å²) in [6.45, 7) is 1.99. The molecule has 0 spiro atoms. The Morgan fingerprint density at radius 1 is 1.17 bits per heavy atom. The van der Waals surface area contributed by atoms with Crippen molar-refractivity contribution in [2.24, 2.45) is 0 Å². The minimum Gasteiger partial charge on any atom is -0.354 e. The molecule has 0 unspecified atom stereocenters. The maximum absolute atomic E-state index is 12.3. The molecule has 1 heterocycles. The maximum atomic E-state index is 12.3. The van der Waals surface area contributed by atoms with E-state index in [0.717, 1.165) is 29.8 Å². The zero-order valence-electron chi connectivity index (χ0n) is 13.8. The van der Waals surface area contributed by atoms with Gasteiger partial charge < -0.3 is 10.6 Å². The van der Waals surface area contributed by atoms with Gasteiger partial charge in [0.05, 0.1) is 11.9 Å². The van der Waals surface area contributed by atoms with Crippen LogP contribution < -0.4 is 10.6 Å². The predicted octanol–water partition coefficient (Wildman–Crippen LogP) is 4.85. The number of halogens is 1. The lowest BCUT2D eigenvalue weighted by Gasteiger charge is -2.22. The number of aromatic nitrogens is 1. The van der Waals surface area contributed by atoms with E-state index in [1.54, 1.807) is 12.3 Å². The van der Waals surface area contributed by atoms with Gasteiger partial charge in [-0.1, -0.05) is 30.9 Å². The Labute approximate surface area is 147 Å². The third-order valence-corrected chi connectivity index (χ3v) is 4.64. The smallest absolute Gasteiger partial charge is 0.270 e. The van der Waals surface area contributed by atoms with Crippen LogP contribution in [0.15, 0.2) is 36.5 Å². The molecule has 1 aromatic heterocycles. The Bertz CT molecular complexity index is 709. The van der Waals surface area contributed by atoms with E-state index in [4.69, 9.17) is 11.6 Å². The number of carbonyl (C=O) groups is 1. The van der Waals surface area contributed by atoms with E-state index in [1.165, 1.54) is 19.3 Å². The van der Waals surface area contributed by atoms with Gasteiger partial charge in [0, 0.05) is 16.8 Å². The molecule has 5 heteroatoms. The number of pyridine rings is 1. The Balaban J connectivity index is 1.63. The number of aryl methyl sites for hydroxylation is 1. The van der Waals surface area contributed by atoms with Crippen LogP contribution in [0.1, 0.15) is 48.2 Å². The first-order valence-electron chi connectivity index (χ1n) is 8.42. The number of carbonyl (C=O) groups excluding carboxylic acids is 1. The molecule has 0 bridgehead atoms. The van der Waals surface area contributed by atoms with E-state index >= 15 is 0 Å². The van der Waals surface area contributed by atoms with Crippen LogP contribution in [0.25, 0.3) is 0 Å². The lowest BCUT2D eigenvalue weighted by molar-refractivity contribution is 0.0922. The summed E-state index contributed by atoms with van der Waals surface area (Å²) in [6, 6.07) is 9.60. The summed E-state index contributed by atoms with van der Waals surface area (Å²) in [5.41, 5.74) is 3.33. The van der Waals surface area contributed by atoms with Gasteiger partial charge >= 0.3 is 0 Å². The van der Waals surface area contributed by atoms with Crippen molar-refractivity contribution in [2.75, 3.05) is 5.32 Å². The van der Waals surface area contributed by atoms with E-state index in [-0.39, 0.29) is 5.91 Å². The van der Waals surface area contributed by atoms with Gasteiger partial charge in [-0.2, -0.15) is 0 Å². The quantitative estimate of drug-likeness (QED) is 0.834. The highest BCUT2D eigenvalue weighted by molar-refractivity contribution is 6.30. The molecule has 0 radical (unpaired) electrons. The van der Waals surface area contributed by atoms with E-state index in [0.29, 0.717) is 16.8 Å². The van der Waals surface area contributed by atoms with Gasteiger partial charge in [-0.05, 0) is 55.7 Å². The first-order valence-corrected chi connectivity index (χ1v) is 8.80. The number of rotatable bonds is 4. The van der Waals surface area contributed by atoms with Crippen molar-refractivity contribution in [3.05, 3.63) is 52.8 Å². The summed E-state index contributed by atoms with van der Waals surface area (Å²) in [7, 11) is 0. The molecule has 1 saturated carbocycles. The van der Waals surface area contributed by atoms with Crippen molar-refractivity contribution >= 4 is 28.9 Å². The number of nitrogens with zero attached hydrogens (tertiary/aromatic N) is 1. The maximum Gasteiger partial charge on any atom is 0.270 e. The largest absolute Gasteiger partial charge is 0.354 e. The molecule has 3 rings (SSSR count). The Kier molecular flexibility index (Phi) is 5.36. The van der Waals surface area contributed by atoms with Crippen LogP contribution in [-0.4, -0.2) is 16.9 Å². The zero-order valence-corrected chi connectivity index (χ0v) is 14.6. The summed E-state index contributed by atoms with van der Waals surface area (Å²) in [6.07, 6.45) is 7.49.